The number of aromatic nitrogens is 2. The van der Waals surface area contributed by atoms with Crippen LogP contribution >= 0.6 is 11.3 Å². The number of hydrogen-bond acceptors (Lipinski definition) is 3. The van der Waals surface area contributed by atoms with Gasteiger partial charge < -0.3 is 10.3 Å². The zero-order valence-corrected chi connectivity index (χ0v) is 10.1. The van der Waals surface area contributed by atoms with E-state index in [0.717, 1.165) is 18.7 Å². The first-order chi connectivity index (χ1) is 8.43. The summed E-state index contributed by atoms with van der Waals surface area (Å²) in [5, 5.41) is 6.75. The number of fused-ring (bicyclic) bond motifs is 1. The van der Waals surface area contributed by atoms with Gasteiger partial charge in [0.1, 0.15) is 5.65 Å². The summed E-state index contributed by atoms with van der Waals surface area (Å²) in [6, 6.07) is 8.30. The van der Waals surface area contributed by atoms with Crippen LogP contribution in [0.4, 0.5) is 0 Å². The summed E-state index contributed by atoms with van der Waals surface area (Å²) in [7, 11) is 0. The van der Waals surface area contributed by atoms with Gasteiger partial charge in [0, 0.05) is 35.7 Å². The Morgan fingerprint density at radius 1 is 1.24 bits per heavy atom. The molecule has 86 valence electrons. The maximum atomic E-state index is 4.28. The third-order valence-corrected chi connectivity index (χ3v) is 3.61. The summed E-state index contributed by atoms with van der Waals surface area (Å²) in [6.07, 6.45) is 3.83. The number of H-pyrrole nitrogens is 1. The molecule has 0 aliphatic rings. The van der Waals surface area contributed by atoms with Crippen LogP contribution in [0.25, 0.3) is 11.0 Å². The van der Waals surface area contributed by atoms with Gasteiger partial charge in [-0.25, -0.2) is 4.98 Å². The molecule has 0 saturated heterocycles. The SMILES string of the molecule is c1csc(CNCc2c[nH]c3ncccc23)c1. The van der Waals surface area contributed by atoms with Gasteiger partial charge in [-0.2, -0.15) is 0 Å². The molecule has 0 fully saturated rings. The minimum Gasteiger partial charge on any atom is -0.346 e. The van der Waals surface area contributed by atoms with E-state index in [1.807, 2.05) is 18.5 Å². The Hall–Kier alpha value is -1.65. The quantitative estimate of drug-likeness (QED) is 0.739. The fraction of sp³-hybridized carbons (Fsp3) is 0.154. The molecule has 0 amide bonds. The van der Waals surface area contributed by atoms with Crippen LogP contribution in [-0.2, 0) is 13.1 Å². The fourth-order valence-corrected chi connectivity index (χ4v) is 2.57. The minimum absolute atomic E-state index is 0.865. The molecule has 3 heterocycles. The molecule has 4 heteroatoms. The minimum atomic E-state index is 0.865. The lowest BCUT2D eigenvalue weighted by Crippen LogP contribution is -2.11. The average Bonchev–Trinajstić information content (AvgIpc) is 2.99. The van der Waals surface area contributed by atoms with Gasteiger partial charge in [-0.1, -0.05) is 6.07 Å². The predicted molar refractivity (Wildman–Crippen MR) is 71.0 cm³/mol. The molecule has 0 aromatic carbocycles. The first-order valence-corrected chi connectivity index (χ1v) is 6.45. The summed E-state index contributed by atoms with van der Waals surface area (Å²) in [5.41, 5.74) is 2.23. The first-order valence-electron chi connectivity index (χ1n) is 5.57. The Morgan fingerprint density at radius 2 is 2.24 bits per heavy atom. The number of aromatic amines is 1. The van der Waals surface area contributed by atoms with Gasteiger partial charge in [0.2, 0.25) is 0 Å². The first kappa shape index (κ1) is 10.5. The number of hydrogen-bond donors (Lipinski definition) is 2. The fourth-order valence-electron chi connectivity index (χ4n) is 1.89. The summed E-state index contributed by atoms with van der Waals surface area (Å²) in [4.78, 5) is 8.83. The molecule has 0 unspecified atom stereocenters. The van der Waals surface area contributed by atoms with E-state index in [-0.39, 0.29) is 0 Å². The maximum Gasteiger partial charge on any atom is 0.137 e. The molecule has 0 aliphatic heterocycles. The van der Waals surface area contributed by atoms with Crippen LogP contribution in [-0.4, -0.2) is 9.97 Å². The van der Waals surface area contributed by atoms with Crippen molar-refractivity contribution >= 4 is 22.4 Å². The Balaban J connectivity index is 1.69. The van der Waals surface area contributed by atoms with Crippen LogP contribution in [0.15, 0.2) is 42.0 Å². The van der Waals surface area contributed by atoms with E-state index in [9.17, 15) is 0 Å². The van der Waals surface area contributed by atoms with Crippen LogP contribution < -0.4 is 5.32 Å². The number of thiophene rings is 1. The van der Waals surface area contributed by atoms with Crippen LogP contribution in [0, 0.1) is 0 Å². The Kier molecular flexibility index (Phi) is 2.90. The predicted octanol–water partition coefficient (Wildman–Crippen LogP) is 2.91. The van der Waals surface area contributed by atoms with Crippen LogP contribution in [0.3, 0.4) is 0 Å². The van der Waals surface area contributed by atoms with E-state index in [1.54, 1.807) is 11.3 Å². The topological polar surface area (TPSA) is 40.7 Å². The lowest BCUT2D eigenvalue weighted by atomic mass is 10.2. The molecule has 3 nitrogen and oxygen atoms in total. The highest BCUT2D eigenvalue weighted by Crippen LogP contribution is 2.15. The Morgan fingerprint density at radius 3 is 3.12 bits per heavy atom. The second-order valence-electron chi connectivity index (χ2n) is 3.90. The van der Waals surface area contributed by atoms with Crippen molar-refractivity contribution in [3.8, 4) is 0 Å². The summed E-state index contributed by atoms with van der Waals surface area (Å²) in [5.74, 6) is 0. The lowest BCUT2D eigenvalue weighted by molar-refractivity contribution is 0.704. The number of nitrogens with zero attached hydrogens (tertiary/aromatic N) is 1. The average molecular weight is 243 g/mol. The zero-order valence-electron chi connectivity index (χ0n) is 9.31. The molecule has 0 radical (unpaired) electrons. The van der Waals surface area contributed by atoms with Crippen molar-refractivity contribution in [3.05, 3.63) is 52.5 Å². The van der Waals surface area contributed by atoms with Gasteiger partial charge in [0.05, 0.1) is 0 Å². The van der Waals surface area contributed by atoms with Crippen LogP contribution in [0.5, 0.6) is 0 Å². The van der Waals surface area contributed by atoms with E-state index in [1.165, 1.54) is 15.8 Å². The van der Waals surface area contributed by atoms with Crippen molar-refractivity contribution in [2.75, 3.05) is 0 Å². The van der Waals surface area contributed by atoms with Gasteiger partial charge in [-0.3, -0.25) is 0 Å². The molecule has 0 spiro atoms. The zero-order chi connectivity index (χ0) is 11.5. The van der Waals surface area contributed by atoms with E-state index in [4.69, 9.17) is 0 Å². The number of nitrogens with one attached hydrogen (secondary N) is 2. The molecule has 3 aromatic rings. The Labute approximate surface area is 104 Å². The van der Waals surface area contributed by atoms with Gasteiger partial charge in [-0.05, 0) is 29.1 Å². The maximum absolute atomic E-state index is 4.28. The van der Waals surface area contributed by atoms with Gasteiger partial charge >= 0.3 is 0 Å². The van der Waals surface area contributed by atoms with E-state index in [0.29, 0.717) is 0 Å². The molecule has 2 N–H and O–H groups in total. The van der Waals surface area contributed by atoms with Crippen LogP contribution in [0.2, 0.25) is 0 Å². The highest BCUT2D eigenvalue weighted by atomic mass is 32.1. The van der Waals surface area contributed by atoms with Crippen molar-refractivity contribution in [1.82, 2.24) is 15.3 Å². The van der Waals surface area contributed by atoms with Gasteiger partial charge in [0.25, 0.3) is 0 Å². The smallest absolute Gasteiger partial charge is 0.137 e. The molecule has 17 heavy (non-hydrogen) atoms. The van der Waals surface area contributed by atoms with E-state index in [2.05, 4.69) is 38.9 Å². The van der Waals surface area contributed by atoms with Gasteiger partial charge in [-0.15, -0.1) is 11.3 Å². The molecule has 0 saturated carbocycles. The third kappa shape index (κ3) is 2.23. The molecule has 0 aliphatic carbocycles. The third-order valence-electron chi connectivity index (χ3n) is 2.73. The second kappa shape index (κ2) is 4.69. The van der Waals surface area contributed by atoms with Gasteiger partial charge in [0.15, 0.2) is 0 Å². The van der Waals surface area contributed by atoms with Crippen LogP contribution in [0.1, 0.15) is 10.4 Å². The molecular formula is C13H13N3S. The summed E-state index contributed by atoms with van der Waals surface area (Å²) in [6.45, 7) is 1.79. The highest BCUT2D eigenvalue weighted by Gasteiger charge is 2.03. The largest absolute Gasteiger partial charge is 0.346 e. The van der Waals surface area contributed by atoms with Crippen molar-refractivity contribution < 1.29 is 0 Å². The van der Waals surface area contributed by atoms with Crippen molar-refractivity contribution in [2.45, 2.75) is 13.1 Å². The second-order valence-corrected chi connectivity index (χ2v) is 4.93. The Bertz CT molecular complexity index is 598. The highest BCUT2D eigenvalue weighted by molar-refractivity contribution is 7.09. The molecular weight excluding hydrogens is 230 g/mol. The molecule has 0 bridgehead atoms. The van der Waals surface area contributed by atoms with E-state index >= 15 is 0 Å². The monoisotopic (exact) mass is 243 g/mol. The normalized spacial score (nSPS) is 11.1. The van der Waals surface area contributed by atoms with E-state index < -0.39 is 0 Å². The molecule has 0 atom stereocenters. The summed E-state index contributed by atoms with van der Waals surface area (Å²) >= 11 is 1.78. The number of pyridine rings is 1. The van der Waals surface area contributed by atoms with Crippen molar-refractivity contribution in [1.29, 1.82) is 0 Å². The van der Waals surface area contributed by atoms with Crippen molar-refractivity contribution in [3.63, 3.8) is 0 Å². The molecule has 3 aromatic heterocycles. The molecule has 3 rings (SSSR count). The standard InChI is InChI=1S/C13H13N3S/c1-4-12-10(8-16-13(12)15-5-1)7-14-9-11-3-2-6-17-11/h1-6,8,14H,7,9H2,(H,15,16). The summed E-state index contributed by atoms with van der Waals surface area (Å²) < 4.78 is 0. The number of rotatable bonds is 4. The lowest BCUT2D eigenvalue weighted by Gasteiger charge is -2.01. The van der Waals surface area contributed by atoms with Crippen molar-refractivity contribution in [2.24, 2.45) is 0 Å².